The predicted molar refractivity (Wildman–Crippen MR) is 82.6 cm³/mol. The first-order valence-electron chi connectivity index (χ1n) is 7.78. The minimum Gasteiger partial charge on any atom is -0.474 e. The van der Waals surface area contributed by atoms with E-state index in [2.05, 4.69) is 15.3 Å². The van der Waals surface area contributed by atoms with Crippen LogP contribution in [0.15, 0.2) is 30.7 Å². The second-order valence-corrected chi connectivity index (χ2v) is 5.58. The Bertz CT molecular complexity index is 634. The number of aryl methyl sites for hydroxylation is 1. The van der Waals surface area contributed by atoms with Gasteiger partial charge in [0.2, 0.25) is 5.88 Å². The molecule has 0 amide bonds. The summed E-state index contributed by atoms with van der Waals surface area (Å²) >= 11 is 0. The summed E-state index contributed by atoms with van der Waals surface area (Å²) < 4.78 is 26.5. The van der Waals surface area contributed by atoms with Crippen molar-refractivity contribution in [1.82, 2.24) is 19.9 Å². The molecular formula is C16H21FN4O2. The van der Waals surface area contributed by atoms with Crippen molar-refractivity contribution < 1.29 is 13.9 Å². The van der Waals surface area contributed by atoms with Crippen molar-refractivity contribution in [1.29, 1.82) is 0 Å². The van der Waals surface area contributed by atoms with Gasteiger partial charge < -0.3 is 19.4 Å². The number of aromatic nitrogens is 3. The van der Waals surface area contributed by atoms with Crippen molar-refractivity contribution in [2.75, 3.05) is 26.3 Å². The van der Waals surface area contributed by atoms with Gasteiger partial charge >= 0.3 is 0 Å². The number of nitrogens with one attached hydrogen (secondary N) is 1. The Morgan fingerprint density at radius 3 is 3.13 bits per heavy atom. The zero-order valence-corrected chi connectivity index (χ0v) is 13.1. The second kappa shape index (κ2) is 7.52. The molecule has 0 aromatic carbocycles. The average Bonchev–Trinajstić information content (AvgIpc) is 3.17. The molecule has 0 spiro atoms. The van der Waals surface area contributed by atoms with Crippen molar-refractivity contribution >= 4 is 0 Å². The molecule has 3 rings (SSSR count). The van der Waals surface area contributed by atoms with E-state index in [0.717, 1.165) is 25.4 Å². The van der Waals surface area contributed by atoms with Gasteiger partial charge in [-0.3, -0.25) is 0 Å². The van der Waals surface area contributed by atoms with Crippen molar-refractivity contribution in [2.45, 2.75) is 12.5 Å². The fraction of sp³-hybridized carbons (Fsp3) is 0.500. The van der Waals surface area contributed by atoms with Crippen LogP contribution in [0.1, 0.15) is 18.3 Å². The fourth-order valence-electron chi connectivity index (χ4n) is 2.76. The first-order valence-corrected chi connectivity index (χ1v) is 7.78. The van der Waals surface area contributed by atoms with E-state index in [1.807, 2.05) is 17.8 Å². The number of ether oxygens (including phenoxy) is 2. The van der Waals surface area contributed by atoms with Gasteiger partial charge in [0.05, 0.1) is 0 Å². The van der Waals surface area contributed by atoms with Crippen molar-refractivity contribution in [3.63, 3.8) is 0 Å². The molecule has 2 aromatic rings. The molecule has 23 heavy (non-hydrogen) atoms. The molecule has 0 saturated carbocycles. The maximum Gasteiger partial charge on any atom is 0.250 e. The van der Waals surface area contributed by atoms with E-state index in [9.17, 15) is 4.39 Å². The van der Waals surface area contributed by atoms with Crippen LogP contribution >= 0.6 is 0 Å². The van der Waals surface area contributed by atoms with Crippen molar-refractivity contribution in [3.05, 3.63) is 42.4 Å². The van der Waals surface area contributed by atoms with Crippen LogP contribution < -0.4 is 10.1 Å². The van der Waals surface area contributed by atoms with Crippen LogP contribution in [-0.2, 0) is 11.8 Å². The average molecular weight is 320 g/mol. The molecule has 1 aliphatic heterocycles. The van der Waals surface area contributed by atoms with E-state index in [1.54, 1.807) is 6.20 Å². The molecule has 6 nitrogen and oxygen atoms in total. The van der Waals surface area contributed by atoms with Crippen LogP contribution in [0.5, 0.6) is 5.88 Å². The summed E-state index contributed by atoms with van der Waals surface area (Å²) in [6.45, 7) is 2.56. The molecule has 1 N–H and O–H groups in total. The highest BCUT2D eigenvalue weighted by molar-refractivity contribution is 5.12. The minimum absolute atomic E-state index is 0.0247. The summed E-state index contributed by atoms with van der Waals surface area (Å²) in [6.07, 6.45) is 6.25. The lowest BCUT2D eigenvalue weighted by molar-refractivity contribution is 0.0809. The van der Waals surface area contributed by atoms with Crippen LogP contribution in [0.3, 0.4) is 0 Å². The molecule has 0 aliphatic carbocycles. The van der Waals surface area contributed by atoms with Crippen LogP contribution in [0, 0.1) is 11.7 Å². The largest absolute Gasteiger partial charge is 0.474 e. The van der Waals surface area contributed by atoms with Gasteiger partial charge in [-0.15, -0.1) is 0 Å². The quantitative estimate of drug-likeness (QED) is 0.787. The van der Waals surface area contributed by atoms with Gasteiger partial charge in [0, 0.05) is 51.3 Å². The number of hydrogen-bond acceptors (Lipinski definition) is 5. The first-order chi connectivity index (χ1) is 11.3. The third-order valence-corrected chi connectivity index (χ3v) is 3.98. The lowest BCUT2D eigenvalue weighted by Crippen LogP contribution is -2.29. The summed E-state index contributed by atoms with van der Waals surface area (Å²) in [5, 5.41) is 3.34. The lowest BCUT2D eigenvalue weighted by Gasteiger charge is -2.18. The molecule has 124 valence electrons. The van der Waals surface area contributed by atoms with E-state index in [1.165, 1.54) is 18.3 Å². The van der Waals surface area contributed by atoms with Crippen LogP contribution in [0.25, 0.3) is 0 Å². The summed E-state index contributed by atoms with van der Waals surface area (Å²) in [6, 6.07) is 2.88. The highest BCUT2D eigenvalue weighted by Crippen LogP contribution is 2.32. The molecule has 0 radical (unpaired) electrons. The monoisotopic (exact) mass is 320 g/mol. The van der Waals surface area contributed by atoms with Gasteiger partial charge in [-0.05, 0) is 18.6 Å². The van der Waals surface area contributed by atoms with Crippen molar-refractivity contribution in [2.24, 2.45) is 13.0 Å². The Hall–Kier alpha value is -1.99. The normalized spacial score (nSPS) is 20.8. The van der Waals surface area contributed by atoms with Gasteiger partial charge in [0.1, 0.15) is 18.5 Å². The van der Waals surface area contributed by atoms with E-state index < -0.39 is 5.82 Å². The van der Waals surface area contributed by atoms with Gasteiger partial charge in [-0.1, -0.05) is 0 Å². The molecule has 1 saturated heterocycles. The van der Waals surface area contributed by atoms with E-state index in [0.29, 0.717) is 19.1 Å². The molecule has 3 heterocycles. The molecule has 2 atom stereocenters. The highest BCUT2D eigenvalue weighted by Gasteiger charge is 2.31. The number of hydrogen-bond donors (Lipinski definition) is 1. The van der Waals surface area contributed by atoms with Crippen LogP contribution in [-0.4, -0.2) is 40.8 Å². The predicted octanol–water partition coefficient (Wildman–Crippen LogP) is 1.70. The molecule has 7 heteroatoms. The Morgan fingerprint density at radius 2 is 2.35 bits per heavy atom. The summed E-state index contributed by atoms with van der Waals surface area (Å²) in [5.41, 5.74) is 0. The third kappa shape index (κ3) is 3.86. The number of imidazole rings is 1. The van der Waals surface area contributed by atoms with Gasteiger partial charge in [-0.25, -0.2) is 14.4 Å². The zero-order valence-electron chi connectivity index (χ0n) is 13.1. The molecule has 2 aromatic heterocycles. The van der Waals surface area contributed by atoms with Gasteiger partial charge in [-0.2, -0.15) is 0 Å². The highest BCUT2D eigenvalue weighted by atomic mass is 19.1. The molecule has 0 unspecified atom stereocenters. The van der Waals surface area contributed by atoms with Crippen LogP contribution in [0.2, 0.25) is 0 Å². The SMILES string of the molecule is Cn1ccnc1[C@@H]1OCC[C@H]1CNCCOc1ncccc1F. The van der Waals surface area contributed by atoms with Crippen molar-refractivity contribution in [3.8, 4) is 5.88 Å². The zero-order chi connectivity index (χ0) is 16.1. The minimum atomic E-state index is -0.438. The number of halogens is 1. The number of rotatable bonds is 7. The maximum absolute atomic E-state index is 13.4. The Kier molecular flexibility index (Phi) is 5.19. The Morgan fingerprint density at radius 1 is 1.43 bits per heavy atom. The summed E-state index contributed by atoms with van der Waals surface area (Å²) in [4.78, 5) is 8.23. The smallest absolute Gasteiger partial charge is 0.250 e. The summed E-state index contributed by atoms with van der Waals surface area (Å²) in [5.74, 6) is 0.944. The van der Waals surface area contributed by atoms with E-state index in [-0.39, 0.29) is 12.0 Å². The number of nitrogens with zero attached hydrogens (tertiary/aromatic N) is 3. The molecular weight excluding hydrogens is 299 g/mol. The van der Waals surface area contributed by atoms with Gasteiger partial charge in [0.25, 0.3) is 0 Å². The summed E-state index contributed by atoms with van der Waals surface area (Å²) in [7, 11) is 1.98. The molecule has 0 bridgehead atoms. The second-order valence-electron chi connectivity index (χ2n) is 5.58. The standard InChI is InChI=1S/C16H21FN4O2/c1-21-8-6-19-15(21)14-12(4-9-22-14)11-18-7-10-23-16-13(17)3-2-5-20-16/h2-3,5-6,8,12,14,18H,4,7,9-11H2,1H3/t12-,14+/m0/s1. The Labute approximate surface area is 134 Å². The fourth-order valence-corrected chi connectivity index (χ4v) is 2.76. The van der Waals surface area contributed by atoms with E-state index in [4.69, 9.17) is 9.47 Å². The van der Waals surface area contributed by atoms with E-state index >= 15 is 0 Å². The first kappa shape index (κ1) is 15.9. The third-order valence-electron chi connectivity index (χ3n) is 3.98. The Balaban J connectivity index is 1.42. The topological polar surface area (TPSA) is 61.2 Å². The van der Waals surface area contributed by atoms with Gasteiger partial charge in [0.15, 0.2) is 5.82 Å². The molecule has 1 fully saturated rings. The molecule has 1 aliphatic rings. The van der Waals surface area contributed by atoms with Crippen LogP contribution in [0.4, 0.5) is 4.39 Å². The maximum atomic E-state index is 13.4. The lowest BCUT2D eigenvalue weighted by atomic mass is 10.0. The number of pyridine rings is 1.